The predicted octanol–water partition coefficient (Wildman–Crippen LogP) is 3.13. The van der Waals surface area contributed by atoms with E-state index in [0.717, 1.165) is 45.1 Å². The first-order valence-corrected chi connectivity index (χ1v) is 6.61. The summed E-state index contributed by atoms with van der Waals surface area (Å²) in [6, 6.07) is 0. The second kappa shape index (κ2) is 10.4. The van der Waals surface area contributed by atoms with Gasteiger partial charge in [-0.05, 0) is 32.6 Å². The summed E-state index contributed by atoms with van der Waals surface area (Å²) in [5.74, 6) is 0.0584. The van der Waals surface area contributed by atoms with Gasteiger partial charge in [-0.25, -0.2) is 0 Å². The van der Waals surface area contributed by atoms with E-state index in [1.807, 2.05) is 27.0 Å². The second-order valence-corrected chi connectivity index (χ2v) is 5.03. The fourth-order valence-electron chi connectivity index (χ4n) is 1.98. The Morgan fingerprint density at radius 1 is 1.39 bits per heavy atom. The molecule has 0 aromatic heterocycles. The summed E-state index contributed by atoms with van der Waals surface area (Å²) in [6.07, 6.45) is 8.01. The molecule has 18 heavy (non-hydrogen) atoms. The summed E-state index contributed by atoms with van der Waals surface area (Å²) < 4.78 is 0. The molecule has 0 saturated carbocycles. The molecule has 1 amide bonds. The van der Waals surface area contributed by atoms with Gasteiger partial charge in [0.25, 0.3) is 0 Å². The quantitative estimate of drug-likeness (QED) is 0.519. The highest BCUT2D eigenvalue weighted by Gasteiger charge is 2.29. The number of hydrogen-bond donors (Lipinski definition) is 1. The molecule has 0 saturated heterocycles. The number of amides is 1. The fraction of sp³-hybridized carbons (Fsp3) is 0.786. The van der Waals surface area contributed by atoms with Crippen molar-refractivity contribution in [1.82, 2.24) is 4.90 Å². The Morgan fingerprint density at radius 3 is 2.50 bits per heavy atom. The Kier molecular flexibility index (Phi) is 11.4. The molecule has 4 heteroatoms. The van der Waals surface area contributed by atoms with Crippen LogP contribution in [0.25, 0.3) is 0 Å². The number of nitrogens with zero attached hydrogens (tertiary/aromatic N) is 1. The van der Waals surface area contributed by atoms with E-state index in [0.29, 0.717) is 0 Å². The average Bonchev–Trinajstić information content (AvgIpc) is 2.27. The number of carbonyl (C=O) groups excluding carboxylic acids is 1. The Balaban J connectivity index is 0. The minimum atomic E-state index is -0.704. The van der Waals surface area contributed by atoms with Crippen LogP contribution in [0.1, 0.15) is 52.4 Å². The molecule has 0 bridgehead atoms. The van der Waals surface area contributed by atoms with Gasteiger partial charge in [0.1, 0.15) is 0 Å². The molecular formula is C14H29ClN2O. The van der Waals surface area contributed by atoms with Crippen molar-refractivity contribution in [2.24, 2.45) is 5.73 Å². The molecule has 108 valence electrons. The van der Waals surface area contributed by atoms with E-state index in [1.54, 1.807) is 4.90 Å². The first-order valence-electron chi connectivity index (χ1n) is 6.61. The molecule has 0 aromatic rings. The summed E-state index contributed by atoms with van der Waals surface area (Å²) in [5.41, 5.74) is 5.32. The SMILES string of the molecule is C=CCCCCCN(C)C(=O)C(C)(N)CCC.Cl. The monoisotopic (exact) mass is 276 g/mol. The molecule has 1 atom stereocenters. The molecule has 1 unspecified atom stereocenters. The third kappa shape index (κ3) is 7.72. The predicted molar refractivity (Wildman–Crippen MR) is 81.1 cm³/mol. The van der Waals surface area contributed by atoms with Gasteiger partial charge in [0, 0.05) is 13.6 Å². The first kappa shape index (κ1) is 19.8. The van der Waals surface area contributed by atoms with Crippen molar-refractivity contribution in [2.45, 2.75) is 57.9 Å². The van der Waals surface area contributed by atoms with Crippen molar-refractivity contribution in [3.8, 4) is 0 Å². The van der Waals surface area contributed by atoms with Gasteiger partial charge in [-0.2, -0.15) is 0 Å². The minimum absolute atomic E-state index is 0. The highest BCUT2D eigenvalue weighted by Crippen LogP contribution is 2.12. The van der Waals surface area contributed by atoms with E-state index in [-0.39, 0.29) is 18.3 Å². The van der Waals surface area contributed by atoms with Gasteiger partial charge in [0.15, 0.2) is 0 Å². The molecule has 0 aliphatic carbocycles. The Morgan fingerprint density at radius 2 is 2.00 bits per heavy atom. The smallest absolute Gasteiger partial charge is 0.242 e. The van der Waals surface area contributed by atoms with Crippen LogP contribution >= 0.6 is 12.4 Å². The van der Waals surface area contributed by atoms with Gasteiger partial charge >= 0.3 is 0 Å². The molecule has 2 N–H and O–H groups in total. The van der Waals surface area contributed by atoms with Crippen molar-refractivity contribution in [1.29, 1.82) is 0 Å². The molecule has 0 spiro atoms. The first-order chi connectivity index (χ1) is 7.95. The topological polar surface area (TPSA) is 46.3 Å². The Hall–Kier alpha value is -0.540. The van der Waals surface area contributed by atoms with Gasteiger partial charge < -0.3 is 10.6 Å². The number of hydrogen-bond acceptors (Lipinski definition) is 2. The minimum Gasteiger partial charge on any atom is -0.344 e. The van der Waals surface area contributed by atoms with Crippen LogP contribution in [0, 0.1) is 0 Å². The van der Waals surface area contributed by atoms with Gasteiger partial charge in [-0.1, -0.05) is 25.8 Å². The second-order valence-electron chi connectivity index (χ2n) is 5.03. The molecular weight excluding hydrogens is 248 g/mol. The third-order valence-electron chi connectivity index (χ3n) is 3.01. The normalized spacial score (nSPS) is 13.3. The highest BCUT2D eigenvalue weighted by molar-refractivity contribution is 5.85. The fourth-order valence-corrected chi connectivity index (χ4v) is 1.98. The summed E-state index contributed by atoms with van der Waals surface area (Å²) in [6.45, 7) is 8.37. The van der Waals surface area contributed by atoms with Crippen LogP contribution in [0.2, 0.25) is 0 Å². The lowest BCUT2D eigenvalue weighted by Gasteiger charge is -2.29. The standard InChI is InChI=1S/C14H28N2O.ClH/c1-5-7-8-9-10-12-16(4)13(17)14(3,15)11-6-2;/h5H,1,6-12,15H2,2-4H3;1H. The van der Waals surface area contributed by atoms with Crippen molar-refractivity contribution in [3.05, 3.63) is 12.7 Å². The molecule has 0 rings (SSSR count). The van der Waals surface area contributed by atoms with Crippen LogP contribution in [0.15, 0.2) is 12.7 Å². The van der Waals surface area contributed by atoms with E-state index in [2.05, 4.69) is 6.58 Å². The highest BCUT2D eigenvalue weighted by atomic mass is 35.5. The molecule has 0 aliphatic heterocycles. The van der Waals surface area contributed by atoms with Crippen LogP contribution in [-0.4, -0.2) is 29.9 Å². The molecule has 0 aliphatic rings. The van der Waals surface area contributed by atoms with E-state index < -0.39 is 5.54 Å². The zero-order valence-corrected chi connectivity index (χ0v) is 12.9. The van der Waals surface area contributed by atoms with Crippen LogP contribution in [-0.2, 0) is 4.79 Å². The lowest BCUT2D eigenvalue weighted by molar-refractivity contribution is -0.135. The van der Waals surface area contributed by atoms with E-state index in [9.17, 15) is 4.79 Å². The lowest BCUT2D eigenvalue weighted by atomic mass is 9.96. The van der Waals surface area contributed by atoms with Gasteiger partial charge in [0.05, 0.1) is 5.54 Å². The maximum absolute atomic E-state index is 12.1. The molecule has 0 radical (unpaired) electrons. The maximum Gasteiger partial charge on any atom is 0.242 e. The summed E-state index contributed by atoms with van der Waals surface area (Å²) in [4.78, 5) is 13.8. The Labute approximate surface area is 118 Å². The molecule has 0 aromatic carbocycles. The lowest BCUT2D eigenvalue weighted by Crippen LogP contribution is -2.52. The number of rotatable bonds is 9. The molecule has 3 nitrogen and oxygen atoms in total. The zero-order valence-electron chi connectivity index (χ0n) is 12.1. The number of carbonyl (C=O) groups is 1. The number of likely N-dealkylation sites (N-methyl/N-ethyl adjacent to an activating group) is 1. The van der Waals surface area contributed by atoms with Crippen LogP contribution in [0.4, 0.5) is 0 Å². The average molecular weight is 277 g/mol. The van der Waals surface area contributed by atoms with Gasteiger partial charge in [0.2, 0.25) is 5.91 Å². The summed E-state index contributed by atoms with van der Waals surface area (Å²) in [7, 11) is 1.84. The number of allylic oxidation sites excluding steroid dienone is 1. The Bertz CT molecular complexity index is 242. The van der Waals surface area contributed by atoms with E-state index in [4.69, 9.17) is 5.73 Å². The molecule has 0 heterocycles. The number of halogens is 1. The number of unbranched alkanes of at least 4 members (excludes halogenated alkanes) is 3. The van der Waals surface area contributed by atoms with Crippen LogP contribution < -0.4 is 5.73 Å². The van der Waals surface area contributed by atoms with Crippen molar-refractivity contribution in [2.75, 3.05) is 13.6 Å². The van der Waals surface area contributed by atoms with E-state index >= 15 is 0 Å². The van der Waals surface area contributed by atoms with Gasteiger partial charge in [-0.3, -0.25) is 4.79 Å². The zero-order chi connectivity index (χ0) is 13.3. The van der Waals surface area contributed by atoms with Crippen molar-refractivity contribution < 1.29 is 4.79 Å². The molecule has 0 fully saturated rings. The van der Waals surface area contributed by atoms with Crippen LogP contribution in [0.3, 0.4) is 0 Å². The van der Waals surface area contributed by atoms with Gasteiger partial charge in [-0.15, -0.1) is 19.0 Å². The van der Waals surface area contributed by atoms with E-state index in [1.165, 1.54) is 0 Å². The maximum atomic E-state index is 12.1. The van der Waals surface area contributed by atoms with Crippen LogP contribution in [0.5, 0.6) is 0 Å². The summed E-state index contributed by atoms with van der Waals surface area (Å²) >= 11 is 0. The largest absolute Gasteiger partial charge is 0.344 e. The number of nitrogens with two attached hydrogens (primary N) is 1. The van der Waals surface area contributed by atoms with Crippen molar-refractivity contribution >= 4 is 18.3 Å². The van der Waals surface area contributed by atoms with Crippen molar-refractivity contribution in [3.63, 3.8) is 0 Å². The summed E-state index contributed by atoms with van der Waals surface area (Å²) in [5, 5.41) is 0. The third-order valence-corrected chi connectivity index (χ3v) is 3.01.